The van der Waals surface area contributed by atoms with Crippen LogP contribution < -0.4 is 10.6 Å². The highest BCUT2D eigenvalue weighted by Gasteiger charge is 2.40. The fourth-order valence-corrected chi connectivity index (χ4v) is 5.41. The quantitative estimate of drug-likeness (QED) is 0.287. The van der Waals surface area contributed by atoms with Crippen LogP contribution in [-0.4, -0.2) is 123 Å². The molecular weight excluding hydrogens is 517 g/mol. The molecule has 0 radical (unpaired) electrons. The van der Waals surface area contributed by atoms with E-state index in [9.17, 15) is 4.79 Å². The van der Waals surface area contributed by atoms with Gasteiger partial charge < -0.3 is 20.4 Å². The lowest BCUT2D eigenvalue weighted by atomic mass is 9.84. The standard InChI is InChI=1S/C23H43N7O.HI/c1-24-22(29-16-14-28(15-17-29)18-21(31)26-20-6-7-20)25-19-23(8-12-27(2)13-9-23)30-10-4-3-5-11-30;/h20H,3-19H2,1-2H3,(H,24,25)(H,26,31);1H. The molecule has 4 rings (SSSR count). The van der Waals surface area contributed by atoms with Gasteiger partial charge >= 0.3 is 0 Å². The third-order valence-corrected chi connectivity index (χ3v) is 7.71. The van der Waals surface area contributed by atoms with Crippen molar-refractivity contribution in [1.29, 1.82) is 0 Å². The summed E-state index contributed by atoms with van der Waals surface area (Å²) in [6.45, 7) is 10.0. The predicted molar refractivity (Wildman–Crippen MR) is 141 cm³/mol. The van der Waals surface area contributed by atoms with Crippen LogP contribution in [0, 0.1) is 0 Å². The molecule has 3 saturated heterocycles. The molecule has 0 spiro atoms. The van der Waals surface area contributed by atoms with Gasteiger partial charge in [-0.3, -0.25) is 19.6 Å². The molecule has 4 fully saturated rings. The van der Waals surface area contributed by atoms with Crippen LogP contribution >= 0.6 is 24.0 Å². The second-order valence-electron chi connectivity index (χ2n) is 10.1. The Labute approximate surface area is 211 Å². The number of hydrogen-bond acceptors (Lipinski definition) is 5. The summed E-state index contributed by atoms with van der Waals surface area (Å²) in [7, 11) is 4.15. The van der Waals surface area contributed by atoms with E-state index in [1.165, 1.54) is 58.3 Å². The van der Waals surface area contributed by atoms with Gasteiger partial charge in [0, 0.05) is 51.4 Å². The number of rotatable bonds is 6. The largest absolute Gasteiger partial charge is 0.354 e. The highest BCUT2D eigenvalue weighted by molar-refractivity contribution is 14.0. The van der Waals surface area contributed by atoms with Gasteiger partial charge in [-0.05, 0) is 71.8 Å². The number of nitrogens with zero attached hydrogens (tertiary/aromatic N) is 5. The molecule has 4 aliphatic rings. The molecule has 0 unspecified atom stereocenters. The zero-order valence-corrected chi connectivity index (χ0v) is 22.5. The summed E-state index contributed by atoms with van der Waals surface area (Å²) in [5.41, 5.74) is 0.256. The summed E-state index contributed by atoms with van der Waals surface area (Å²) in [4.78, 5) is 26.6. The van der Waals surface area contributed by atoms with Crippen LogP contribution in [-0.2, 0) is 4.79 Å². The molecule has 0 bridgehead atoms. The Morgan fingerprint density at radius 3 is 2.22 bits per heavy atom. The molecule has 0 aromatic rings. The Hall–Kier alpha value is -0.650. The molecule has 0 atom stereocenters. The maximum absolute atomic E-state index is 12.1. The third kappa shape index (κ3) is 6.93. The molecule has 1 aliphatic carbocycles. The highest BCUT2D eigenvalue weighted by atomic mass is 127. The number of piperidine rings is 2. The molecule has 1 saturated carbocycles. The number of nitrogens with one attached hydrogen (secondary N) is 2. The smallest absolute Gasteiger partial charge is 0.234 e. The summed E-state index contributed by atoms with van der Waals surface area (Å²) >= 11 is 0. The first kappa shape index (κ1) is 26.0. The van der Waals surface area contributed by atoms with Crippen LogP contribution in [0.4, 0.5) is 0 Å². The fraction of sp³-hybridized carbons (Fsp3) is 0.913. The number of piperazine rings is 1. The lowest BCUT2D eigenvalue weighted by Gasteiger charge is -2.50. The van der Waals surface area contributed by atoms with Crippen LogP contribution in [0.1, 0.15) is 44.9 Å². The van der Waals surface area contributed by atoms with Crippen molar-refractivity contribution in [3.8, 4) is 0 Å². The monoisotopic (exact) mass is 561 g/mol. The summed E-state index contributed by atoms with van der Waals surface area (Å²) < 4.78 is 0. The first-order valence-corrected chi connectivity index (χ1v) is 12.5. The van der Waals surface area contributed by atoms with Gasteiger partial charge in [-0.1, -0.05) is 6.42 Å². The molecule has 0 aromatic carbocycles. The number of likely N-dealkylation sites (tertiary alicyclic amines) is 2. The number of carbonyl (C=O) groups is 1. The Morgan fingerprint density at radius 2 is 1.62 bits per heavy atom. The minimum Gasteiger partial charge on any atom is -0.354 e. The van der Waals surface area contributed by atoms with Crippen molar-refractivity contribution in [3.05, 3.63) is 0 Å². The molecule has 3 heterocycles. The maximum Gasteiger partial charge on any atom is 0.234 e. The second kappa shape index (κ2) is 12.2. The third-order valence-electron chi connectivity index (χ3n) is 7.71. The van der Waals surface area contributed by atoms with Crippen molar-refractivity contribution in [3.63, 3.8) is 0 Å². The molecule has 8 nitrogen and oxygen atoms in total. The number of aliphatic imine (C=N–C) groups is 1. The van der Waals surface area contributed by atoms with Gasteiger partial charge in [0.25, 0.3) is 0 Å². The Morgan fingerprint density at radius 1 is 0.969 bits per heavy atom. The van der Waals surface area contributed by atoms with Crippen LogP contribution in [0.3, 0.4) is 0 Å². The van der Waals surface area contributed by atoms with E-state index in [0.29, 0.717) is 12.6 Å². The molecule has 1 amide bonds. The Balaban J connectivity index is 0.00000289. The lowest BCUT2D eigenvalue weighted by molar-refractivity contribution is -0.122. The van der Waals surface area contributed by atoms with Gasteiger partial charge in [0.2, 0.25) is 5.91 Å². The second-order valence-corrected chi connectivity index (χ2v) is 10.1. The zero-order valence-electron chi connectivity index (χ0n) is 20.2. The van der Waals surface area contributed by atoms with Gasteiger partial charge in [-0.15, -0.1) is 24.0 Å². The van der Waals surface area contributed by atoms with Gasteiger partial charge in [0.15, 0.2) is 5.96 Å². The van der Waals surface area contributed by atoms with E-state index >= 15 is 0 Å². The van der Waals surface area contributed by atoms with Crippen molar-refractivity contribution >= 4 is 35.8 Å². The van der Waals surface area contributed by atoms with Gasteiger partial charge in [0.1, 0.15) is 0 Å². The number of carbonyl (C=O) groups excluding carboxylic acids is 1. The maximum atomic E-state index is 12.1. The molecule has 32 heavy (non-hydrogen) atoms. The van der Waals surface area contributed by atoms with Crippen molar-refractivity contribution in [2.24, 2.45) is 4.99 Å². The van der Waals surface area contributed by atoms with E-state index in [-0.39, 0.29) is 35.4 Å². The van der Waals surface area contributed by atoms with Crippen LogP contribution in [0.5, 0.6) is 0 Å². The number of halogens is 1. The number of hydrogen-bond donors (Lipinski definition) is 2. The van der Waals surface area contributed by atoms with Crippen molar-refractivity contribution in [1.82, 2.24) is 30.2 Å². The topological polar surface area (TPSA) is 66.5 Å². The lowest BCUT2D eigenvalue weighted by Crippen LogP contribution is -2.63. The van der Waals surface area contributed by atoms with Gasteiger partial charge in [-0.25, -0.2) is 0 Å². The average Bonchev–Trinajstić information content (AvgIpc) is 3.61. The molecule has 3 aliphatic heterocycles. The van der Waals surface area contributed by atoms with Crippen molar-refractivity contribution in [2.45, 2.75) is 56.5 Å². The van der Waals surface area contributed by atoms with Gasteiger partial charge in [0.05, 0.1) is 6.54 Å². The Bertz CT molecular complexity index is 620. The number of amides is 1. The van der Waals surface area contributed by atoms with E-state index in [1.807, 2.05) is 7.05 Å². The fourth-order valence-electron chi connectivity index (χ4n) is 5.41. The van der Waals surface area contributed by atoms with Crippen molar-refractivity contribution in [2.75, 3.05) is 79.5 Å². The van der Waals surface area contributed by atoms with Crippen LogP contribution in [0.15, 0.2) is 4.99 Å². The van der Waals surface area contributed by atoms with Crippen LogP contribution in [0.25, 0.3) is 0 Å². The summed E-state index contributed by atoms with van der Waals surface area (Å²) in [6, 6.07) is 0.448. The molecule has 0 aromatic heterocycles. The minimum absolute atomic E-state index is 0. The first-order valence-electron chi connectivity index (χ1n) is 12.5. The van der Waals surface area contributed by atoms with E-state index in [4.69, 9.17) is 0 Å². The molecule has 9 heteroatoms. The van der Waals surface area contributed by atoms with E-state index in [0.717, 1.165) is 51.5 Å². The SMILES string of the molecule is CN=C(NCC1(N2CCCCC2)CCN(C)CC1)N1CCN(CC(=O)NC2CC2)CC1.I. The highest BCUT2D eigenvalue weighted by Crippen LogP contribution is 2.31. The van der Waals surface area contributed by atoms with Crippen LogP contribution in [0.2, 0.25) is 0 Å². The molecular formula is C23H44IN7O. The van der Waals surface area contributed by atoms with Gasteiger partial charge in [-0.2, -0.15) is 0 Å². The summed E-state index contributed by atoms with van der Waals surface area (Å²) in [5, 5.41) is 6.87. The first-order chi connectivity index (χ1) is 15.1. The van der Waals surface area contributed by atoms with E-state index in [1.54, 1.807) is 0 Å². The van der Waals surface area contributed by atoms with E-state index in [2.05, 4.69) is 42.3 Å². The summed E-state index contributed by atoms with van der Waals surface area (Å²) in [6.07, 6.45) is 8.82. The molecule has 2 N–H and O–H groups in total. The Kier molecular flexibility index (Phi) is 9.87. The minimum atomic E-state index is 0. The predicted octanol–water partition coefficient (Wildman–Crippen LogP) is 1.03. The average molecular weight is 562 g/mol. The molecule has 184 valence electrons. The van der Waals surface area contributed by atoms with Crippen molar-refractivity contribution < 1.29 is 4.79 Å². The normalized spacial score (nSPS) is 25.8. The summed E-state index contributed by atoms with van der Waals surface area (Å²) in [5.74, 6) is 1.21. The zero-order chi connectivity index (χ0) is 21.7. The van der Waals surface area contributed by atoms with E-state index < -0.39 is 0 Å². The number of guanidine groups is 1.